The summed E-state index contributed by atoms with van der Waals surface area (Å²) in [5, 5.41) is 0.0905. The number of aromatic nitrogens is 2. The van der Waals surface area contributed by atoms with Gasteiger partial charge in [-0.1, -0.05) is 6.92 Å². The molecule has 0 saturated heterocycles. The van der Waals surface area contributed by atoms with E-state index < -0.39 is 0 Å². The Morgan fingerprint density at radius 2 is 1.92 bits per heavy atom. The summed E-state index contributed by atoms with van der Waals surface area (Å²) < 4.78 is 5.24. The van der Waals surface area contributed by atoms with Crippen molar-refractivity contribution in [2.75, 3.05) is 7.11 Å². The lowest BCUT2D eigenvalue weighted by atomic mass is 10.2. The molecule has 3 nitrogen and oxygen atoms in total. The van der Waals surface area contributed by atoms with Gasteiger partial charge in [0.05, 0.1) is 0 Å². The fourth-order valence-electron chi connectivity index (χ4n) is 1.07. The Labute approximate surface area is 84.0 Å². The summed E-state index contributed by atoms with van der Waals surface area (Å²) in [5.74, 6) is 0.690. The third-order valence-corrected chi connectivity index (χ3v) is 2.02. The maximum Gasteiger partial charge on any atom is 0.158 e. The molecule has 0 aliphatic heterocycles. The molecule has 0 fully saturated rings. The molecule has 0 bridgehead atoms. The molecule has 0 amide bonds. The third-order valence-electron chi connectivity index (χ3n) is 1.75. The zero-order valence-electron chi connectivity index (χ0n) is 8.06. The van der Waals surface area contributed by atoms with E-state index in [1.807, 2.05) is 13.8 Å². The van der Waals surface area contributed by atoms with Crippen LogP contribution in [0.3, 0.4) is 0 Å². The van der Waals surface area contributed by atoms with E-state index in [-0.39, 0.29) is 11.4 Å². The van der Waals surface area contributed by atoms with E-state index in [0.717, 1.165) is 5.56 Å². The second kappa shape index (κ2) is 4.58. The van der Waals surface area contributed by atoms with E-state index in [4.69, 9.17) is 4.74 Å². The first-order chi connectivity index (χ1) is 6.15. The molecule has 0 N–H and O–H groups in total. The van der Waals surface area contributed by atoms with Crippen molar-refractivity contribution in [1.82, 2.24) is 9.97 Å². The van der Waals surface area contributed by atoms with Crippen LogP contribution in [0.2, 0.25) is 0 Å². The van der Waals surface area contributed by atoms with Crippen LogP contribution in [-0.2, 0) is 4.74 Å². The number of thiol groups is 1. The van der Waals surface area contributed by atoms with Gasteiger partial charge in [0.15, 0.2) is 5.82 Å². The molecule has 0 radical (unpaired) electrons. The van der Waals surface area contributed by atoms with Gasteiger partial charge in [0.25, 0.3) is 0 Å². The van der Waals surface area contributed by atoms with Crippen LogP contribution in [0.1, 0.15) is 24.4 Å². The molecule has 72 valence electrons. The van der Waals surface area contributed by atoms with Crippen LogP contribution in [0.5, 0.6) is 0 Å². The molecule has 1 heterocycles. The second-order valence-electron chi connectivity index (χ2n) is 3.02. The van der Waals surface area contributed by atoms with Crippen molar-refractivity contribution < 1.29 is 4.74 Å². The first-order valence-corrected chi connectivity index (χ1v) is 4.66. The number of aryl methyl sites for hydroxylation is 1. The molecule has 0 spiro atoms. The van der Waals surface area contributed by atoms with Crippen LogP contribution in [-0.4, -0.2) is 22.3 Å². The lowest BCUT2D eigenvalue weighted by Crippen LogP contribution is -2.14. The molecule has 2 atom stereocenters. The highest BCUT2D eigenvalue weighted by molar-refractivity contribution is 7.81. The molecule has 1 aromatic rings. The summed E-state index contributed by atoms with van der Waals surface area (Å²) in [6, 6.07) is 0. The molecule has 1 rings (SSSR count). The third kappa shape index (κ3) is 2.67. The molecule has 1 aromatic heterocycles. The van der Waals surface area contributed by atoms with Crippen molar-refractivity contribution in [1.29, 1.82) is 0 Å². The van der Waals surface area contributed by atoms with Crippen molar-refractivity contribution in [3.63, 3.8) is 0 Å². The van der Waals surface area contributed by atoms with E-state index in [2.05, 4.69) is 22.6 Å². The summed E-state index contributed by atoms with van der Waals surface area (Å²) in [5.41, 5.74) is 1.05. The molecule has 4 heteroatoms. The molecule has 0 aliphatic carbocycles. The summed E-state index contributed by atoms with van der Waals surface area (Å²) in [7, 11) is 1.64. The van der Waals surface area contributed by atoms with Gasteiger partial charge in [-0.05, 0) is 12.5 Å². The minimum atomic E-state index is -0.135. The van der Waals surface area contributed by atoms with Crippen molar-refractivity contribution >= 4 is 12.6 Å². The topological polar surface area (TPSA) is 35.0 Å². The van der Waals surface area contributed by atoms with Gasteiger partial charge in [0, 0.05) is 24.8 Å². The fraction of sp³-hybridized carbons (Fsp3) is 0.556. The highest BCUT2D eigenvalue weighted by atomic mass is 32.1. The first-order valence-electron chi connectivity index (χ1n) is 4.14. The monoisotopic (exact) mass is 198 g/mol. The Kier molecular flexibility index (Phi) is 3.69. The number of methoxy groups -OCH3 is 1. The lowest BCUT2D eigenvalue weighted by molar-refractivity contribution is 0.0976. The van der Waals surface area contributed by atoms with E-state index in [0.29, 0.717) is 5.82 Å². The van der Waals surface area contributed by atoms with E-state index in [1.54, 1.807) is 19.5 Å². The Hall–Kier alpha value is -0.610. The molecule has 0 saturated carbocycles. The average molecular weight is 198 g/mol. The Balaban J connectivity index is 2.86. The maximum absolute atomic E-state index is 5.24. The van der Waals surface area contributed by atoms with E-state index in [9.17, 15) is 0 Å². The van der Waals surface area contributed by atoms with E-state index >= 15 is 0 Å². The predicted octanol–water partition coefficient (Wildman–Crippen LogP) is 1.79. The number of ether oxygens (including phenoxy) is 1. The predicted molar refractivity (Wildman–Crippen MR) is 55.0 cm³/mol. The van der Waals surface area contributed by atoms with Crippen molar-refractivity contribution in [3.05, 3.63) is 23.8 Å². The first kappa shape index (κ1) is 10.5. The van der Waals surface area contributed by atoms with Crippen molar-refractivity contribution in [2.45, 2.75) is 25.2 Å². The normalized spacial score (nSPS) is 15.4. The van der Waals surface area contributed by atoms with Gasteiger partial charge in [0.2, 0.25) is 0 Å². The van der Waals surface area contributed by atoms with Crippen LogP contribution in [0, 0.1) is 6.92 Å². The molecular formula is C9H14N2OS. The second-order valence-corrected chi connectivity index (χ2v) is 3.83. The van der Waals surface area contributed by atoms with Crippen LogP contribution >= 0.6 is 12.6 Å². The van der Waals surface area contributed by atoms with Crippen molar-refractivity contribution in [3.8, 4) is 0 Å². The zero-order valence-corrected chi connectivity index (χ0v) is 8.95. The van der Waals surface area contributed by atoms with Crippen LogP contribution in [0.25, 0.3) is 0 Å². The van der Waals surface area contributed by atoms with Gasteiger partial charge in [-0.2, -0.15) is 12.6 Å². The quantitative estimate of drug-likeness (QED) is 0.752. The largest absolute Gasteiger partial charge is 0.372 e. The Morgan fingerprint density at radius 3 is 2.31 bits per heavy atom. The average Bonchev–Trinajstić information content (AvgIpc) is 2.09. The lowest BCUT2D eigenvalue weighted by Gasteiger charge is -2.16. The van der Waals surface area contributed by atoms with Gasteiger partial charge in [0.1, 0.15) is 6.10 Å². The molecular weight excluding hydrogens is 184 g/mol. The number of nitrogens with zero attached hydrogens (tertiary/aromatic N) is 2. The van der Waals surface area contributed by atoms with Gasteiger partial charge in [-0.3, -0.25) is 0 Å². The van der Waals surface area contributed by atoms with Gasteiger partial charge in [-0.15, -0.1) is 0 Å². The Morgan fingerprint density at radius 1 is 1.38 bits per heavy atom. The van der Waals surface area contributed by atoms with E-state index in [1.165, 1.54) is 0 Å². The summed E-state index contributed by atoms with van der Waals surface area (Å²) in [6.45, 7) is 3.91. The smallest absolute Gasteiger partial charge is 0.158 e. The fourth-order valence-corrected chi connectivity index (χ4v) is 1.32. The van der Waals surface area contributed by atoms with Gasteiger partial charge < -0.3 is 4.74 Å². The SMILES string of the molecule is COC(c1ncc(C)cn1)C(C)S. The van der Waals surface area contributed by atoms with Crippen molar-refractivity contribution in [2.24, 2.45) is 0 Å². The highest BCUT2D eigenvalue weighted by Crippen LogP contribution is 2.20. The maximum atomic E-state index is 5.24. The molecule has 2 unspecified atom stereocenters. The van der Waals surface area contributed by atoms with Crippen LogP contribution in [0.4, 0.5) is 0 Å². The summed E-state index contributed by atoms with van der Waals surface area (Å²) in [4.78, 5) is 8.37. The standard InChI is InChI=1S/C9H14N2OS/c1-6-4-10-9(11-5-6)8(12-3)7(2)13/h4-5,7-8,13H,1-3H3. The molecule has 13 heavy (non-hydrogen) atoms. The van der Waals surface area contributed by atoms with Crippen LogP contribution < -0.4 is 0 Å². The summed E-state index contributed by atoms with van der Waals surface area (Å²) in [6.07, 6.45) is 3.43. The number of hydrogen-bond donors (Lipinski definition) is 1. The van der Waals surface area contributed by atoms with Gasteiger partial charge in [-0.25, -0.2) is 9.97 Å². The molecule has 0 aliphatic rings. The summed E-state index contributed by atoms with van der Waals surface area (Å²) >= 11 is 4.31. The Bertz CT molecular complexity index is 261. The number of hydrogen-bond acceptors (Lipinski definition) is 4. The molecule has 0 aromatic carbocycles. The highest BCUT2D eigenvalue weighted by Gasteiger charge is 2.17. The van der Waals surface area contributed by atoms with Crippen LogP contribution in [0.15, 0.2) is 12.4 Å². The minimum Gasteiger partial charge on any atom is -0.372 e. The minimum absolute atomic E-state index is 0.0905. The number of rotatable bonds is 3. The van der Waals surface area contributed by atoms with Gasteiger partial charge >= 0.3 is 0 Å². The zero-order chi connectivity index (χ0) is 9.84.